The van der Waals surface area contributed by atoms with Crippen molar-refractivity contribution in [1.29, 1.82) is 0 Å². The maximum atomic E-state index is 12.8. The van der Waals surface area contributed by atoms with Crippen LogP contribution in [-0.4, -0.2) is 57.9 Å². The number of fused-ring (bicyclic) bond motifs is 1. The number of carboxylic acids is 1. The van der Waals surface area contributed by atoms with Crippen LogP contribution in [0.25, 0.3) is 0 Å². The number of nitrogens with zero attached hydrogens (tertiary/aromatic N) is 1. The summed E-state index contributed by atoms with van der Waals surface area (Å²) in [6.07, 6.45) is 1.01. The predicted molar refractivity (Wildman–Crippen MR) is 122 cm³/mol. The highest BCUT2D eigenvalue weighted by atomic mass is 32.2. The summed E-state index contributed by atoms with van der Waals surface area (Å²) in [5.41, 5.74) is 1.44. The van der Waals surface area contributed by atoms with Crippen molar-refractivity contribution in [2.75, 3.05) is 7.11 Å². The molecule has 1 fully saturated rings. The summed E-state index contributed by atoms with van der Waals surface area (Å²) in [7, 11) is 1.56. The molecule has 2 N–H and O–H groups in total. The van der Waals surface area contributed by atoms with E-state index in [1.807, 2.05) is 42.5 Å². The van der Waals surface area contributed by atoms with Gasteiger partial charge in [-0.2, -0.15) is 0 Å². The zero-order chi connectivity index (χ0) is 23.5. The van der Waals surface area contributed by atoms with E-state index < -0.39 is 28.5 Å². The zero-order valence-electron chi connectivity index (χ0n) is 17.8. The van der Waals surface area contributed by atoms with E-state index in [9.17, 15) is 24.3 Å². The summed E-state index contributed by atoms with van der Waals surface area (Å²) >= 11 is 1.31. The van der Waals surface area contributed by atoms with Gasteiger partial charge < -0.3 is 15.2 Å². The van der Waals surface area contributed by atoms with Gasteiger partial charge in [-0.3, -0.25) is 19.3 Å². The highest BCUT2D eigenvalue weighted by Gasteiger charge is 2.56. The van der Waals surface area contributed by atoms with Crippen molar-refractivity contribution in [3.05, 3.63) is 77.0 Å². The van der Waals surface area contributed by atoms with Gasteiger partial charge in [-0.15, -0.1) is 11.8 Å². The Labute approximate surface area is 194 Å². The molecule has 1 unspecified atom stereocenters. The second-order valence-electron chi connectivity index (χ2n) is 7.71. The average Bonchev–Trinajstić information content (AvgIpc) is 2.82. The van der Waals surface area contributed by atoms with E-state index in [-0.39, 0.29) is 23.6 Å². The first-order valence-electron chi connectivity index (χ1n) is 10.3. The van der Waals surface area contributed by atoms with E-state index in [0.717, 1.165) is 16.0 Å². The predicted octanol–water partition coefficient (Wildman–Crippen LogP) is 1.79. The maximum absolute atomic E-state index is 12.8. The Morgan fingerprint density at radius 1 is 1.12 bits per heavy atom. The third kappa shape index (κ3) is 4.49. The van der Waals surface area contributed by atoms with Crippen LogP contribution in [0.3, 0.4) is 0 Å². The van der Waals surface area contributed by atoms with Gasteiger partial charge in [0.2, 0.25) is 5.91 Å². The van der Waals surface area contributed by atoms with E-state index in [2.05, 4.69) is 5.32 Å². The molecule has 2 aliphatic rings. The first-order chi connectivity index (χ1) is 15.9. The molecule has 0 radical (unpaired) electrons. The van der Waals surface area contributed by atoms with Crippen LogP contribution in [0.4, 0.5) is 0 Å². The van der Waals surface area contributed by atoms with Crippen molar-refractivity contribution in [2.45, 2.75) is 29.5 Å². The number of aldehydes is 1. The number of aliphatic carboxylic acids is 1. The third-order valence-electron chi connectivity index (χ3n) is 5.64. The van der Waals surface area contributed by atoms with Gasteiger partial charge in [-0.1, -0.05) is 42.5 Å². The summed E-state index contributed by atoms with van der Waals surface area (Å²) in [5, 5.41) is 11.4. The Hall–Kier alpha value is -3.59. The molecular weight excluding hydrogens is 444 g/mol. The average molecular weight is 467 g/mol. The standard InChI is InChI=1S/C24H22N2O6S/c1-32-16-9-7-15(8-10-16)11-18-17(13-27)21(24(30)31)26-22(29)20(23(26)33-18)25-19(28)12-14-5-3-2-4-6-14/h2-10,13,18,20,23H,11-12H2,1H3,(H,25,28)(H,30,31)/t18?,20-,23-/m1/s1. The van der Waals surface area contributed by atoms with Crippen molar-refractivity contribution in [3.63, 3.8) is 0 Å². The van der Waals surface area contributed by atoms with Crippen LogP contribution < -0.4 is 10.1 Å². The molecule has 2 aromatic carbocycles. The minimum atomic E-state index is -1.34. The number of nitrogens with one attached hydrogen (secondary N) is 1. The molecule has 0 spiro atoms. The van der Waals surface area contributed by atoms with Gasteiger partial charge in [0.05, 0.1) is 13.5 Å². The number of thioether (sulfide) groups is 1. The molecule has 2 heterocycles. The molecule has 1 saturated heterocycles. The van der Waals surface area contributed by atoms with Gasteiger partial charge in [0.15, 0.2) is 0 Å². The molecule has 0 saturated carbocycles. The first kappa shape index (κ1) is 22.6. The summed E-state index contributed by atoms with van der Waals surface area (Å²) in [6.45, 7) is 0. The summed E-state index contributed by atoms with van der Waals surface area (Å²) < 4.78 is 5.16. The van der Waals surface area contributed by atoms with E-state index >= 15 is 0 Å². The molecule has 170 valence electrons. The molecule has 33 heavy (non-hydrogen) atoms. The molecular formula is C24H22N2O6S. The van der Waals surface area contributed by atoms with Crippen molar-refractivity contribution in [3.8, 4) is 5.75 Å². The lowest BCUT2D eigenvalue weighted by atomic mass is 9.97. The Morgan fingerprint density at radius 3 is 2.42 bits per heavy atom. The van der Waals surface area contributed by atoms with Crippen LogP contribution in [0.2, 0.25) is 0 Å². The fourth-order valence-corrected chi connectivity index (χ4v) is 5.62. The molecule has 2 aliphatic heterocycles. The molecule has 2 amide bonds. The van der Waals surface area contributed by atoms with Gasteiger partial charge in [-0.05, 0) is 29.7 Å². The van der Waals surface area contributed by atoms with Crippen molar-refractivity contribution in [2.24, 2.45) is 0 Å². The lowest BCUT2D eigenvalue weighted by molar-refractivity contribution is -0.150. The molecule has 3 atom stereocenters. The number of benzene rings is 2. The molecule has 8 nitrogen and oxygen atoms in total. The summed E-state index contributed by atoms with van der Waals surface area (Å²) in [6, 6.07) is 15.5. The quantitative estimate of drug-likeness (QED) is 0.450. The van der Waals surface area contributed by atoms with Crippen LogP contribution >= 0.6 is 11.8 Å². The SMILES string of the molecule is COc1ccc(CC2S[C@@H]3[C@H](NC(=O)Cc4ccccc4)C(=O)N3C(C(=O)O)=C2C=O)cc1. The summed E-state index contributed by atoms with van der Waals surface area (Å²) in [4.78, 5) is 50.2. The number of carboxylic acid groups (broad SMARTS) is 1. The first-order valence-corrected chi connectivity index (χ1v) is 11.2. The van der Waals surface area contributed by atoms with E-state index in [4.69, 9.17) is 4.74 Å². The Balaban J connectivity index is 1.55. The zero-order valence-corrected chi connectivity index (χ0v) is 18.6. The van der Waals surface area contributed by atoms with Gasteiger partial charge in [0.1, 0.15) is 29.1 Å². The molecule has 0 bridgehead atoms. The fraction of sp³-hybridized carbons (Fsp3) is 0.250. The maximum Gasteiger partial charge on any atom is 0.353 e. The Bertz CT molecular complexity index is 1120. The summed E-state index contributed by atoms with van der Waals surface area (Å²) in [5.74, 6) is -1.52. The van der Waals surface area contributed by atoms with Crippen LogP contribution in [-0.2, 0) is 32.0 Å². The smallest absolute Gasteiger partial charge is 0.353 e. The number of β-lactam (4-membered cyclic amide) rings is 1. The van der Waals surface area contributed by atoms with Gasteiger partial charge in [-0.25, -0.2) is 4.79 Å². The monoisotopic (exact) mass is 466 g/mol. The number of hydrogen-bond acceptors (Lipinski definition) is 6. The number of carbonyl (C=O) groups is 4. The van der Waals surface area contributed by atoms with Gasteiger partial charge in [0.25, 0.3) is 5.91 Å². The lowest BCUT2D eigenvalue weighted by Crippen LogP contribution is -2.71. The second-order valence-corrected chi connectivity index (χ2v) is 9.03. The minimum Gasteiger partial charge on any atom is -0.497 e. The highest BCUT2D eigenvalue weighted by Crippen LogP contribution is 2.44. The topological polar surface area (TPSA) is 113 Å². The normalized spacial score (nSPS) is 21.7. The molecule has 0 aliphatic carbocycles. The minimum absolute atomic E-state index is 0.0574. The van der Waals surface area contributed by atoms with Crippen LogP contribution in [0.1, 0.15) is 11.1 Å². The van der Waals surface area contributed by atoms with Crippen molar-refractivity contribution >= 4 is 35.8 Å². The van der Waals surface area contributed by atoms with Gasteiger partial charge in [0, 0.05) is 10.8 Å². The lowest BCUT2D eigenvalue weighted by Gasteiger charge is -2.50. The fourth-order valence-electron chi connectivity index (χ4n) is 4.00. The van der Waals surface area contributed by atoms with Crippen LogP contribution in [0, 0.1) is 0 Å². The van der Waals surface area contributed by atoms with E-state index in [1.54, 1.807) is 19.2 Å². The van der Waals surface area contributed by atoms with Gasteiger partial charge >= 0.3 is 5.97 Å². The van der Waals surface area contributed by atoms with E-state index in [0.29, 0.717) is 18.5 Å². The Morgan fingerprint density at radius 2 is 1.82 bits per heavy atom. The molecule has 0 aromatic heterocycles. The number of rotatable bonds is 8. The Kier molecular flexibility index (Phi) is 6.50. The molecule has 4 rings (SSSR count). The largest absolute Gasteiger partial charge is 0.497 e. The third-order valence-corrected chi connectivity index (χ3v) is 7.15. The van der Waals surface area contributed by atoms with Crippen molar-refractivity contribution < 1.29 is 29.0 Å². The van der Waals surface area contributed by atoms with Crippen LogP contribution in [0.5, 0.6) is 5.75 Å². The number of amides is 2. The number of ether oxygens (including phenoxy) is 1. The van der Waals surface area contributed by atoms with Crippen molar-refractivity contribution in [1.82, 2.24) is 10.2 Å². The second kappa shape index (κ2) is 9.50. The van der Waals surface area contributed by atoms with Crippen LogP contribution in [0.15, 0.2) is 65.9 Å². The number of hydrogen-bond donors (Lipinski definition) is 2. The number of methoxy groups -OCH3 is 1. The number of carbonyl (C=O) groups excluding carboxylic acids is 3. The highest BCUT2D eigenvalue weighted by molar-refractivity contribution is 8.01. The molecule has 2 aromatic rings. The van der Waals surface area contributed by atoms with E-state index in [1.165, 1.54) is 11.8 Å². The molecule has 9 heteroatoms.